The molecule has 13 nitrogen and oxygen atoms in total. The Morgan fingerprint density at radius 3 is 1.41 bits per heavy atom. The number of amides is 2. The van der Waals surface area contributed by atoms with Crippen LogP contribution in [0.1, 0.15) is 34.6 Å². The van der Waals surface area contributed by atoms with Gasteiger partial charge >= 0.3 is 11.9 Å². The largest absolute Gasteiger partial charge is 0.485 e. The van der Waals surface area contributed by atoms with E-state index in [4.69, 9.17) is 28.4 Å². The molecular formula is C31H30I2N2O11. The Labute approximate surface area is 291 Å². The molecule has 2 saturated heterocycles. The number of methoxy groups -OCH3 is 2. The molecule has 4 heterocycles. The lowest BCUT2D eigenvalue weighted by molar-refractivity contribution is -0.153. The highest BCUT2D eigenvalue weighted by Crippen LogP contribution is 2.45. The van der Waals surface area contributed by atoms with Gasteiger partial charge in [-0.2, -0.15) is 0 Å². The zero-order valence-electron chi connectivity index (χ0n) is 25.3. The van der Waals surface area contributed by atoms with Gasteiger partial charge in [0.2, 0.25) is 12.2 Å². The van der Waals surface area contributed by atoms with Gasteiger partial charge in [-0.15, -0.1) is 0 Å². The smallest absolute Gasteiger partial charge is 0.350 e. The van der Waals surface area contributed by atoms with Crippen LogP contribution in [0.15, 0.2) is 24.3 Å². The SMILES string of the molecule is COC(=O)C1COc2cc(I)c(C(=O)N3CC4(C)CN(C(=O)c5cc6c(cc5I)OCC(C(=O)OC)O6)CC(C)(C3)C4=O)cc2O1. The summed E-state index contributed by atoms with van der Waals surface area (Å²) in [6.45, 7) is 3.91. The lowest BCUT2D eigenvalue weighted by Gasteiger charge is -2.55. The van der Waals surface area contributed by atoms with Gasteiger partial charge in [-0.3, -0.25) is 14.4 Å². The van der Waals surface area contributed by atoms with Crippen LogP contribution >= 0.6 is 45.2 Å². The number of likely N-dealkylation sites (tertiary alicyclic amines) is 2. The van der Waals surface area contributed by atoms with Gasteiger partial charge in [0.1, 0.15) is 13.2 Å². The van der Waals surface area contributed by atoms with Gasteiger partial charge < -0.3 is 38.2 Å². The number of hydrogen-bond acceptors (Lipinski definition) is 11. The van der Waals surface area contributed by atoms with E-state index < -0.39 is 35.0 Å². The van der Waals surface area contributed by atoms with Crippen molar-refractivity contribution in [1.29, 1.82) is 0 Å². The quantitative estimate of drug-likeness (QED) is 0.331. The summed E-state index contributed by atoms with van der Waals surface area (Å²) in [5.41, 5.74) is -1.39. The van der Waals surface area contributed by atoms with Crippen molar-refractivity contribution in [2.75, 3.05) is 53.6 Å². The second-order valence-electron chi connectivity index (χ2n) is 12.2. The fourth-order valence-corrected chi connectivity index (χ4v) is 7.89. The number of carbonyl (C=O) groups excluding carboxylic acids is 5. The van der Waals surface area contributed by atoms with Crippen LogP contribution in [0, 0.1) is 18.0 Å². The molecule has 2 fully saturated rings. The molecule has 2 aromatic carbocycles. The molecule has 2 unspecified atom stereocenters. The van der Waals surface area contributed by atoms with Gasteiger partial charge in [0, 0.05) is 33.3 Å². The molecule has 4 aliphatic rings. The summed E-state index contributed by atoms with van der Waals surface area (Å²) in [5.74, 6) is -0.469. The van der Waals surface area contributed by atoms with Gasteiger partial charge in [0.15, 0.2) is 28.8 Å². The molecule has 244 valence electrons. The number of hydrogen-bond donors (Lipinski definition) is 0. The minimum Gasteiger partial charge on any atom is -0.485 e. The highest BCUT2D eigenvalue weighted by atomic mass is 127. The first-order chi connectivity index (χ1) is 21.8. The molecule has 4 aliphatic heterocycles. The first-order valence-electron chi connectivity index (χ1n) is 14.3. The van der Waals surface area contributed by atoms with Gasteiger partial charge in [0.05, 0.1) is 36.2 Å². The number of rotatable bonds is 4. The van der Waals surface area contributed by atoms with Crippen LogP contribution < -0.4 is 18.9 Å². The van der Waals surface area contributed by atoms with Gasteiger partial charge in [0.25, 0.3) is 11.8 Å². The molecule has 2 aromatic rings. The Hall–Kier alpha value is -3.35. The number of Topliss-reactive ketones (excluding diaryl/α,β-unsaturated/α-hetero) is 1. The summed E-state index contributed by atoms with van der Waals surface area (Å²) in [6, 6.07) is 6.46. The van der Waals surface area contributed by atoms with Crippen molar-refractivity contribution in [3.8, 4) is 23.0 Å². The normalized spacial score (nSPS) is 26.3. The van der Waals surface area contributed by atoms with Crippen LogP contribution in [0.4, 0.5) is 0 Å². The molecule has 2 bridgehead atoms. The summed E-state index contributed by atoms with van der Waals surface area (Å²) >= 11 is 4.10. The fraction of sp³-hybridized carbons (Fsp3) is 0.452. The number of piperidine rings is 2. The second kappa shape index (κ2) is 12.0. The lowest BCUT2D eigenvalue weighted by atomic mass is 9.64. The zero-order chi connectivity index (χ0) is 33.1. The molecular weight excluding hydrogens is 830 g/mol. The molecule has 0 N–H and O–H groups in total. The van der Waals surface area contributed by atoms with E-state index in [1.165, 1.54) is 14.2 Å². The summed E-state index contributed by atoms with van der Waals surface area (Å²) in [7, 11) is 2.51. The number of nitrogens with zero attached hydrogens (tertiary/aromatic N) is 2. The van der Waals surface area contributed by atoms with Gasteiger partial charge in [-0.05, 0) is 83.3 Å². The number of carbonyl (C=O) groups is 5. The van der Waals surface area contributed by atoms with Crippen molar-refractivity contribution in [3.63, 3.8) is 0 Å². The van der Waals surface area contributed by atoms with Crippen molar-refractivity contribution in [3.05, 3.63) is 42.5 Å². The fourth-order valence-electron chi connectivity index (χ4n) is 6.55. The first kappa shape index (κ1) is 32.6. The van der Waals surface area contributed by atoms with Crippen molar-refractivity contribution in [2.24, 2.45) is 10.8 Å². The van der Waals surface area contributed by atoms with E-state index >= 15 is 0 Å². The molecule has 2 atom stereocenters. The second-order valence-corrected chi connectivity index (χ2v) is 14.5. The zero-order valence-corrected chi connectivity index (χ0v) is 29.7. The third-order valence-electron chi connectivity index (χ3n) is 8.60. The summed E-state index contributed by atoms with van der Waals surface area (Å²) < 4.78 is 33.7. The molecule has 0 aliphatic carbocycles. The lowest BCUT2D eigenvalue weighted by Crippen LogP contribution is -2.69. The van der Waals surface area contributed by atoms with Crippen LogP contribution in [0.5, 0.6) is 23.0 Å². The Morgan fingerprint density at radius 2 is 1.07 bits per heavy atom. The maximum atomic E-state index is 14.0. The molecule has 46 heavy (non-hydrogen) atoms. The predicted octanol–water partition coefficient (Wildman–Crippen LogP) is 2.71. The number of esters is 2. The minimum absolute atomic E-state index is 0.0105. The van der Waals surface area contributed by atoms with E-state index in [9.17, 15) is 24.0 Å². The van der Waals surface area contributed by atoms with E-state index in [0.717, 1.165) is 0 Å². The van der Waals surface area contributed by atoms with Crippen molar-refractivity contribution < 1.29 is 52.4 Å². The Kier molecular flexibility index (Phi) is 8.52. The maximum absolute atomic E-state index is 14.0. The van der Waals surface area contributed by atoms with Crippen molar-refractivity contribution in [2.45, 2.75) is 26.1 Å². The van der Waals surface area contributed by atoms with Crippen LogP contribution in [-0.2, 0) is 23.9 Å². The van der Waals surface area contributed by atoms with Crippen LogP contribution in [0.2, 0.25) is 0 Å². The van der Waals surface area contributed by atoms with Crippen molar-refractivity contribution in [1.82, 2.24) is 9.80 Å². The van der Waals surface area contributed by atoms with Crippen LogP contribution in [-0.4, -0.2) is 105 Å². The number of fused-ring (bicyclic) bond motifs is 4. The van der Waals surface area contributed by atoms with Gasteiger partial charge in [-0.25, -0.2) is 9.59 Å². The topological polar surface area (TPSA) is 147 Å². The van der Waals surface area contributed by atoms with E-state index in [1.807, 2.05) is 0 Å². The first-order valence-corrected chi connectivity index (χ1v) is 16.5. The third kappa shape index (κ3) is 5.62. The summed E-state index contributed by atoms with van der Waals surface area (Å²) in [4.78, 5) is 69.1. The van der Waals surface area contributed by atoms with E-state index in [1.54, 1.807) is 47.9 Å². The molecule has 15 heteroatoms. The van der Waals surface area contributed by atoms with Crippen molar-refractivity contribution >= 4 is 74.7 Å². The van der Waals surface area contributed by atoms with Gasteiger partial charge in [-0.1, -0.05) is 0 Å². The average molecular weight is 860 g/mol. The summed E-state index contributed by atoms with van der Waals surface area (Å²) in [5, 5.41) is 0. The number of halogens is 2. The highest BCUT2D eigenvalue weighted by Gasteiger charge is 2.57. The van der Waals surface area contributed by atoms with Crippen LogP contribution in [0.25, 0.3) is 0 Å². The number of ketones is 1. The predicted molar refractivity (Wildman–Crippen MR) is 175 cm³/mol. The standard InChI is InChI=1S/C31H30I2N2O11/c1-30-11-34(25(36)15-5-21-19(7-17(15)32)43-9-23(45-21)27(38)41-3)13-31(2,29(30)40)14-35(12-30)26(37)16-6-22-20(8-18(16)33)44-10-24(46-22)28(39)42-4/h5-8,23-24H,9-14H2,1-4H3. The molecule has 0 radical (unpaired) electrons. The van der Waals surface area contributed by atoms with E-state index in [0.29, 0.717) is 29.8 Å². The Morgan fingerprint density at radius 1 is 0.696 bits per heavy atom. The summed E-state index contributed by atoms with van der Waals surface area (Å²) in [6.07, 6.45) is -1.92. The third-order valence-corrected chi connectivity index (χ3v) is 10.4. The van der Waals surface area contributed by atoms with Crippen LogP contribution in [0.3, 0.4) is 0 Å². The average Bonchev–Trinajstić information content (AvgIpc) is 3.03. The van der Waals surface area contributed by atoms with E-state index in [-0.39, 0.29) is 68.5 Å². The molecule has 0 aromatic heterocycles. The Bertz CT molecular complexity index is 1550. The number of benzene rings is 2. The van der Waals surface area contributed by atoms with E-state index in [2.05, 4.69) is 45.2 Å². The highest BCUT2D eigenvalue weighted by molar-refractivity contribution is 14.1. The maximum Gasteiger partial charge on any atom is 0.350 e. The molecule has 2 amide bonds. The monoisotopic (exact) mass is 860 g/mol. The minimum atomic E-state index is -1.04. The molecule has 6 rings (SSSR count). The molecule has 0 saturated carbocycles. The number of ether oxygens (including phenoxy) is 6. The Balaban J connectivity index is 1.23. The molecule has 0 spiro atoms.